The van der Waals surface area contributed by atoms with Crippen LogP contribution in [-0.2, 0) is 9.59 Å². The Balaban J connectivity index is 1.64. The molecule has 0 aliphatic carbocycles. The summed E-state index contributed by atoms with van der Waals surface area (Å²) in [5, 5.41) is 7.36. The summed E-state index contributed by atoms with van der Waals surface area (Å²) < 4.78 is 1.84. The van der Waals surface area contributed by atoms with Crippen LogP contribution >= 0.6 is 43.6 Å². The van der Waals surface area contributed by atoms with Gasteiger partial charge in [0.1, 0.15) is 5.25 Å². The van der Waals surface area contributed by atoms with Crippen LogP contribution in [0, 0.1) is 0 Å². The molecular weight excluding hydrogens is 496 g/mol. The number of hydrogen-bond donors (Lipinski definition) is 1. The van der Waals surface area contributed by atoms with Crippen molar-refractivity contribution in [3.63, 3.8) is 0 Å². The molecule has 0 spiro atoms. The average Bonchev–Trinajstić information content (AvgIpc) is 2.91. The molecule has 0 bridgehead atoms. The molecule has 1 heterocycles. The van der Waals surface area contributed by atoms with Crippen LogP contribution in [0.2, 0.25) is 0 Å². The third-order valence-corrected chi connectivity index (χ3v) is 5.72. The lowest BCUT2D eigenvalue weighted by molar-refractivity contribution is -0.121. The van der Waals surface area contributed by atoms with Crippen LogP contribution < -0.4 is 10.6 Å². The highest BCUT2D eigenvalue weighted by Gasteiger charge is 2.40. The second-order valence-electron chi connectivity index (χ2n) is 5.59. The Kier molecular flexibility index (Phi) is 6.46. The lowest BCUT2D eigenvalue weighted by Crippen LogP contribution is -2.31. The van der Waals surface area contributed by atoms with Gasteiger partial charge in [0.05, 0.1) is 11.9 Å². The van der Waals surface area contributed by atoms with E-state index in [0.29, 0.717) is 5.69 Å². The Morgan fingerprint density at radius 1 is 1.07 bits per heavy atom. The molecule has 3 rings (SSSR count). The zero-order valence-electron chi connectivity index (χ0n) is 13.9. The summed E-state index contributed by atoms with van der Waals surface area (Å²) in [5.74, 6) is -0.562. The Labute approximate surface area is 177 Å². The smallest absolute Gasteiger partial charge is 0.247 e. The van der Waals surface area contributed by atoms with Crippen molar-refractivity contribution in [1.29, 1.82) is 0 Å². The number of nitrogens with zero attached hydrogens (tertiary/aromatic N) is 3. The molecule has 2 amide bonds. The van der Waals surface area contributed by atoms with Gasteiger partial charge in [-0.1, -0.05) is 55.8 Å². The van der Waals surface area contributed by atoms with Gasteiger partial charge in [-0.15, -0.1) is 5.10 Å². The van der Waals surface area contributed by atoms with Crippen molar-refractivity contribution >= 4 is 72.5 Å². The number of benzene rings is 2. The van der Waals surface area contributed by atoms with Crippen molar-refractivity contribution in [3.05, 3.63) is 63.0 Å². The van der Waals surface area contributed by atoms with Gasteiger partial charge in [-0.2, -0.15) is 5.10 Å². The summed E-state index contributed by atoms with van der Waals surface area (Å²) in [4.78, 5) is 26.0. The highest BCUT2D eigenvalue weighted by Crippen LogP contribution is 2.30. The first-order valence-electron chi connectivity index (χ1n) is 7.85. The Hall–Kier alpha value is -1.97. The molecule has 2 aromatic rings. The zero-order valence-corrected chi connectivity index (χ0v) is 17.9. The van der Waals surface area contributed by atoms with Gasteiger partial charge in [-0.3, -0.25) is 9.59 Å². The molecule has 2 N–H and O–H groups in total. The predicted molar refractivity (Wildman–Crippen MR) is 116 cm³/mol. The van der Waals surface area contributed by atoms with E-state index in [9.17, 15) is 9.59 Å². The molecule has 6 nitrogen and oxygen atoms in total. The quantitative estimate of drug-likeness (QED) is 0.293. The van der Waals surface area contributed by atoms with Gasteiger partial charge in [0.2, 0.25) is 11.8 Å². The summed E-state index contributed by atoms with van der Waals surface area (Å²) in [6, 6.07) is 14.5. The van der Waals surface area contributed by atoms with E-state index in [1.807, 2.05) is 24.3 Å². The number of amides is 2. The molecule has 1 saturated heterocycles. The van der Waals surface area contributed by atoms with E-state index in [1.165, 1.54) is 4.90 Å². The molecule has 1 aliphatic heterocycles. The minimum atomic E-state index is -0.604. The number of thioether (sulfide) groups is 1. The first-order valence-corrected chi connectivity index (χ1v) is 10.3. The van der Waals surface area contributed by atoms with Crippen LogP contribution in [0.1, 0.15) is 12.0 Å². The van der Waals surface area contributed by atoms with Crippen LogP contribution in [0.25, 0.3) is 0 Å². The molecule has 0 radical (unpaired) electrons. The van der Waals surface area contributed by atoms with Crippen molar-refractivity contribution in [2.45, 2.75) is 11.7 Å². The molecule has 0 unspecified atom stereocenters. The standard InChI is InChI=1S/C18H14Br2N4O2S/c19-12-3-1-11(2-4-12)10-22-23-18(21)27-15-9-16(25)24(17(15)26)14-7-5-13(20)6-8-14/h1-8,10,15H,9H2,(H2,21,23)/b22-10-/t15-/m1/s1. The number of amidine groups is 1. The highest BCUT2D eigenvalue weighted by molar-refractivity contribution is 9.10. The van der Waals surface area contributed by atoms with Gasteiger partial charge in [0, 0.05) is 15.4 Å². The van der Waals surface area contributed by atoms with E-state index >= 15 is 0 Å². The fourth-order valence-corrected chi connectivity index (χ4v) is 3.77. The molecule has 0 aromatic heterocycles. The lowest BCUT2D eigenvalue weighted by atomic mass is 10.2. The Morgan fingerprint density at radius 2 is 1.67 bits per heavy atom. The minimum Gasteiger partial charge on any atom is -0.377 e. The fraction of sp³-hybridized carbons (Fsp3) is 0.111. The van der Waals surface area contributed by atoms with Crippen molar-refractivity contribution in [2.24, 2.45) is 15.9 Å². The van der Waals surface area contributed by atoms with Crippen LogP contribution in [0.3, 0.4) is 0 Å². The van der Waals surface area contributed by atoms with E-state index in [-0.39, 0.29) is 23.4 Å². The first kappa shape index (κ1) is 19.8. The Bertz CT molecular complexity index is 914. The summed E-state index contributed by atoms with van der Waals surface area (Å²) in [6.45, 7) is 0. The maximum atomic E-state index is 12.6. The number of anilines is 1. The number of halogens is 2. The van der Waals surface area contributed by atoms with Gasteiger partial charge < -0.3 is 5.73 Å². The van der Waals surface area contributed by atoms with Gasteiger partial charge >= 0.3 is 0 Å². The number of carbonyl (C=O) groups excluding carboxylic acids is 2. The van der Waals surface area contributed by atoms with Crippen LogP contribution in [0.15, 0.2) is 67.7 Å². The molecule has 1 aliphatic rings. The van der Waals surface area contributed by atoms with Gasteiger partial charge in [0.15, 0.2) is 5.17 Å². The summed E-state index contributed by atoms with van der Waals surface area (Å²) in [5.41, 5.74) is 7.27. The topological polar surface area (TPSA) is 88.1 Å². The normalized spacial score (nSPS) is 17.9. The van der Waals surface area contributed by atoms with Crippen molar-refractivity contribution in [1.82, 2.24) is 0 Å². The SMILES string of the molecule is NC(=N/N=C\c1ccc(Br)cc1)S[C@@H]1CC(=O)N(c2ccc(Br)cc2)C1=O. The molecule has 1 atom stereocenters. The second-order valence-corrected chi connectivity index (χ2v) is 8.64. The Morgan fingerprint density at radius 3 is 2.30 bits per heavy atom. The predicted octanol–water partition coefficient (Wildman–Crippen LogP) is 3.93. The monoisotopic (exact) mass is 508 g/mol. The molecule has 0 saturated carbocycles. The number of carbonyl (C=O) groups is 2. The number of nitrogens with two attached hydrogens (primary N) is 1. The fourth-order valence-electron chi connectivity index (χ4n) is 2.43. The van der Waals surface area contributed by atoms with E-state index < -0.39 is 5.25 Å². The van der Waals surface area contributed by atoms with E-state index in [2.05, 4.69) is 42.1 Å². The first-order chi connectivity index (χ1) is 12.9. The molecule has 1 fully saturated rings. The van der Waals surface area contributed by atoms with Gasteiger partial charge in [0.25, 0.3) is 0 Å². The summed E-state index contributed by atoms with van der Waals surface area (Å²) >= 11 is 7.74. The van der Waals surface area contributed by atoms with Gasteiger partial charge in [-0.05, 0) is 42.0 Å². The van der Waals surface area contributed by atoms with E-state index in [4.69, 9.17) is 5.73 Å². The highest BCUT2D eigenvalue weighted by atomic mass is 79.9. The maximum Gasteiger partial charge on any atom is 0.247 e. The third kappa shape index (κ3) is 5.06. The van der Waals surface area contributed by atoms with Crippen molar-refractivity contribution in [2.75, 3.05) is 4.90 Å². The van der Waals surface area contributed by atoms with E-state index in [1.54, 1.807) is 30.5 Å². The maximum absolute atomic E-state index is 12.6. The van der Waals surface area contributed by atoms with E-state index in [0.717, 1.165) is 26.3 Å². The molecule has 2 aromatic carbocycles. The third-order valence-electron chi connectivity index (χ3n) is 3.69. The molecular formula is C18H14Br2N4O2S. The zero-order chi connectivity index (χ0) is 19.4. The largest absolute Gasteiger partial charge is 0.377 e. The molecule has 138 valence electrons. The van der Waals surface area contributed by atoms with Crippen molar-refractivity contribution < 1.29 is 9.59 Å². The average molecular weight is 510 g/mol. The van der Waals surface area contributed by atoms with Crippen LogP contribution in [0.4, 0.5) is 5.69 Å². The second kappa shape index (κ2) is 8.81. The number of imide groups is 1. The van der Waals surface area contributed by atoms with Gasteiger partial charge in [-0.25, -0.2) is 4.90 Å². The molecule has 27 heavy (non-hydrogen) atoms. The lowest BCUT2D eigenvalue weighted by Gasteiger charge is -2.14. The van der Waals surface area contributed by atoms with Crippen LogP contribution in [0.5, 0.6) is 0 Å². The van der Waals surface area contributed by atoms with Crippen molar-refractivity contribution in [3.8, 4) is 0 Å². The summed E-state index contributed by atoms with van der Waals surface area (Å²) in [7, 11) is 0. The number of rotatable bonds is 4. The summed E-state index contributed by atoms with van der Waals surface area (Å²) in [6.07, 6.45) is 1.64. The number of hydrogen-bond acceptors (Lipinski definition) is 5. The molecule has 9 heteroatoms. The minimum absolute atomic E-state index is 0.0756. The van der Waals surface area contributed by atoms with Crippen LogP contribution in [-0.4, -0.2) is 28.4 Å².